The molecule has 0 aromatic heterocycles. The van der Waals surface area contributed by atoms with Crippen molar-refractivity contribution in [2.45, 2.75) is 38.6 Å². The van der Waals surface area contributed by atoms with Crippen molar-refractivity contribution in [1.82, 2.24) is 14.7 Å². The van der Waals surface area contributed by atoms with E-state index < -0.39 is 0 Å². The van der Waals surface area contributed by atoms with Gasteiger partial charge in [-0.25, -0.2) is 0 Å². The van der Waals surface area contributed by atoms with Crippen LogP contribution in [0.3, 0.4) is 0 Å². The van der Waals surface area contributed by atoms with E-state index in [0.717, 1.165) is 52.4 Å². The topological polar surface area (TPSA) is 53.1 Å². The average Bonchev–Trinajstić information content (AvgIpc) is 3.22. The number of likely N-dealkylation sites (tertiary alicyclic amines) is 2. The van der Waals surface area contributed by atoms with E-state index in [2.05, 4.69) is 11.8 Å². The minimum atomic E-state index is -0.118. The maximum Gasteiger partial charge on any atom is 0.228 e. The van der Waals surface area contributed by atoms with E-state index in [4.69, 9.17) is 4.74 Å². The lowest BCUT2D eigenvalue weighted by Crippen LogP contribution is -2.47. The van der Waals surface area contributed by atoms with E-state index >= 15 is 0 Å². The van der Waals surface area contributed by atoms with E-state index in [1.54, 1.807) is 0 Å². The smallest absolute Gasteiger partial charge is 0.228 e. The lowest BCUT2D eigenvalue weighted by atomic mass is 9.99. The van der Waals surface area contributed by atoms with Gasteiger partial charge < -0.3 is 14.5 Å². The molecule has 2 amide bonds. The maximum absolute atomic E-state index is 13.0. The molecule has 3 aliphatic heterocycles. The number of hydrogen-bond acceptors (Lipinski definition) is 4. The summed E-state index contributed by atoms with van der Waals surface area (Å²) in [6.45, 7) is 8.96. The van der Waals surface area contributed by atoms with Crippen LogP contribution in [0.25, 0.3) is 0 Å². The Morgan fingerprint density at radius 1 is 1.16 bits per heavy atom. The van der Waals surface area contributed by atoms with Gasteiger partial charge in [0.05, 0.1) is 19.1 Å². The number of carbonyl (C=O) groups is 2. The molecule has 4 rings (SSSR count). The molecule has 0 aromatic rings. The average molecular weight is 349 g/mol. The van der Waals surface area contributed by atoms with Crippen LogP contribution in [0.15, 0.2) is 0 Å². The SMILES string of the molecule is CCC1CN(C(=O)C2CC(=O)N(CC3CC3)C2)CC1N1CCOCC1. The highest BCUT2D eigenvalue weighted by molar-refractivity contribution is 5.89. The molecule has 140 valence electrons. The number of morpholine rings is 1. The number of nitrogens with zero attached hydrogens (tertiary/aromatic N) is 3. The van der Waals surface area contributed by atoms with Gasteiger partial charge in [0.15, 0.2) is 0 Å². The van der Waals surface area contributed by atoms with Crippen LogP contribution in [-0.4, -0.2) is 85.0 Å². The third-order valence-corrected chi connectivity index (χ3v) is 6.50. The van der Waals surface area contributed by atoms with Crippen molar-refractivity contribution in [2.24, 2.45) is 17.8 Å². The van der Waals surface area contributed by atoms with Crippen LogP contribution in [0.2, 0.25) is 0 Å². The van der Waals surface area contributed by atoms with Crippen LogP contribution >= 0.6 is 0 Å². The normalized spacial score (nSPS) is 34.1. The molecule has 1 aliphatic carbocycles. The first-order chi connectivity index (χ1) is 12.2. The van der Waals surface area contributed by atoms with Gasteiger partial charge in [-0.1, -0.05) is 13.3 Å². The number of ether oxygens (including phenoxy) is 1. The Kier molecular flexibility index (Phi) is 5.00. The van der Waals surface area contributed by atoms with Gasteiger partial charge >= 0.3 is 0 Å². The van der Waals surface area contributed by atoms with E-state index in [1.165, 1.54) is 12.8 Å². The van der Waals surface area contributed by atoms with Crippen molar-refractivity contribution < 1.29 is 14.3 Å². The minimum Gasteiger partial charge on any atom is -0.379 e. The van der Waals surface area contributed by atoms with Crippen LogP contribution in [0.5, 0.6) is 0 Å². The monoisotopic (exact) mass is 349 g/mol. The van der Waals surface area contributed by atoms with Crippen molar-refractivity contribution in [3.63, 3.8) is 0 Å². The van der Waals surface area contributed by atoms with Crippen molar-refractivity contribution in [2.75, 3.05) is 52.5 Å². The zero-order valence-corrected chi connectivity index (χ0v) is 15.4. The molecule has 0 N–H and O–H groups in total. The van der Waals surface area contributed by atoms with Crippen molar-refractivity contribution >= 4 is 11.8 Å². The molecule has 3 heterocycles. The fourth-order valence-corrected chi connectivity index (χ4v) is 4.74. The predicted octanol–water partition coefficient (Wildman–Crippen LogP) is 0.814. The lowest BCUT2D eigenvalue weighted by Gasteiger charge is -2.34. The molecule has 0 aromatic carbocycles. The second-order valence-electron chi connectivity index (χ2n) is 8.27. The standard InChI is InChI=1S/C19H31N3O3/c1-2-15-11-22(13-17(15)20-5-7-25-8-6-20)19(24)16-9-18(23)21(12-16)10-14-3-4-14/h14-17H,2-13H2,1H3. The summed E-state index contributed by atoms with van der Waals surface area (Å²) in [5.41, 5.74) is 0. The van der Waals surface area contributed by atoms with Crippen LogP contribution in [0.1, 0.15) is 32.6 Å². The number of amides is 2. The summed E-state index contributed by atoms with van der Waals surface area (Å²) in [5.74, 6) is 1.51. The molecule has 0 spiro atoms. The van der Waals surface area contributed by atoms with Gasteiger partial charge in [-0.2, -0.15) is 0 Å². The van der Waals surface area contributed by atoms with Crippen molar-refractivity contribution in [3.8, 4) is 0 Å². The highest BCUT2D eigenvalue weighted by atomic mass is 16.5. The second kappa shape index (κ2) is 7.23. The Morgan fingerprint density at radius 3 is 2.60 bits per heavy atom. The molecular formula is C19H31N3O3. The Labute approximate surface area is 150 Å². The van der Waals surface area contributed by atoms with E-state index in [-0.39, 0.29) is 17.7 Å². The first kappa shape index (κ1) is 17.3. The Bertz CT molecular complexity index is 516. The van der Waals surface area contributed by atoms with Gasteiger partial charge in [-0.05, 0) is 24.7 Å². The fourth-order valence-electron chi connectivity index (χ4n) is 4.74. The summed E-state index contributed by atoms with van der Waals surface area (Å²) in [5, 5.41) is 0. The summed E-state index contributed by atoms with van der Waals surface area (Å²) in [4.78, 5) is 31.8. The summed E-state index contributed by atoms with van der Waals surface area (Å²) < 4.78 is 5.48. The van der Waals surface area contributed by atoms with E-state index in [9.17, 15) is 9.59 Å². The zero-order chi connectivity index (χ0) is 17.4. The third kappa shape index (κ3) is 3.70. The Balaban J connectivity index is 1.36. The number of rotatable bonds is 5. The molecule has 4 aliphatic rings. The lowest BCUT2D eigenvalue weighted by molar-refractivity contribution is -0.135. The van der Waals surface area contributed by atoms with Crippen LogP contribution in [0.4, 0.5) is 0 Å². The first-order valence-electron chi connectivity index (χ1n) is 10.0. The van der Waals surface area contributed by atoms with Crippen LogP contribution < -0.4 is 0 Å². The fraction of sp³-hybridized carbons (Fsp3) is 0.895. The molecule has 3 saturated heterocycles. The summed E-state index contributed by atoms with van der Waals surface area (Å²) in [6, 6.07) is 0.456. The molecule has 3 atom stereocenters. The van der Waals surface area contributed by atoms with Gasteiger partial charge in [0, 0.05) is 51.7 Å². The highest BCUT2D eigenvalue weighted by Gasteiger charge is 2.43. The van der Waals surface area contributed by atoms with Gasteiger partial charge in [-0.3, -0.25) is 14.5 Å². The molecule has 0 bridgehead atoms. The zero-order valence-electron chi connectivity index (χ0n) is 15.4. The minimum absolute atomic E-state index is 0.118. The van der Waals surface area contributed by atoms with Gasteiger partial charge in [0.25, 0.3) is 0 Å². The molecular weight excluding hydrogens is 318 g/mol. The Morgan fingerprint density at radius 2 is 1.92 bits per heavy atom. The third-order valence-electron chi connectivity index (χ3n) is 6.50. The molecule has 3 unspecified atom stereocenters. The van der Waals surface area contributed by atoms with Crippen LogP contribution in [-0.2, 0) is 14.3 Å². The molecule has 0 radical (unpaired) electrons. The number of hydrogen-bond donors (Lipinski definition) is 0. The first-order valence-corrected chi connectivity index (χ1v) is 10.0. The summed E-state index contributed by atoms with van der Waals surface area (Å²) in [6.07, 6.45) is 4.01. The molecule has 4 fully saturated rings. The van der Waals surface area contributed by atoms with Crippen LogP contribution in [0, 0.1) is 17.8 Å². The second-order valence-corrected chi connectivity index (χ2v) is 8.27. The Hall–Kier alpha value is -1.14. The van der Waals surface area contributed by atoms with Crippen molar-refractivity contribution in [1.29, 1.82) is 0 Å². The molecule has 6 nitrogen and oxygen atoms in total. The predicted molar refractivity (Wildman–Crippen MR) is 94.0 cm³/mol. The summed E-state index contributed by atoms with van der Waals surface area (Å²) in [7, 11) is 0. The highest BCUT2D eigenvalue weighted by Crippen LogP contribution is 2.33. The molecule has 6 heteroatoms. The van der Waals surface area contributed by atoms with Crippen molar-refractivity contribution in [3.05, 3.63) is 0 Å². The van der Waals surface area contributed by atoms with E-state index in [0.29, 0.717) is 30.8 Å². The van der Waals surface area contributed by atoms with Gasteiger partial charge in [-0.15, -0.1) is 0 Å². The maximum atomic E-state index is 13.0. The largest absolute Gasteiger partial charge is 0.379 e. The quantitative estimate of drug-likeness (QED) is 0.737. The molecule has 1 saturated carbocycles. The summed E-state index contributed by atoms with van der Waals surface area (Å²) >= 11 is 0. The van der Waals surface area contributed by atoms with Gasteiger partial charge in [0.1, 0.15) is 0 Å². The van der Waals surface area contributed by atoms with E-state index in [1.807, 2.05) is 9.80 Å². The number of carbonyl (C=O) groups excluding carboxylic acids is 2. The van der Waals surface area contributed by atoms with Gasteiger partial charge in [0.2, 0.25) is 11.8 Å². The molecule has 25 heavy (non-hydrogen) atoms.